The van der Waals surface area contributed by atoms with Crippen LogP contribution in [-0.4, -0.2) is 40.0 Å². The third-order valence-corrected chi connectivity index (χ3v) is 5.68. The summed E-state index contributed by atoms with van der Waals surface area (Å²) in [5.41, 5.74) is 2.33. The Morgan fingerprint density at radius 2 is 1.87 bits per heavy atom. The van der Waals surface area contributed by atoms with Gasteiger partial charge in [-0.05, 0) is 50.5 Å². The van der Waals surface area contributed by atoms with E-state index in [2.05, 4.69) is 21.0 Å². The summed E-state index contributed by atoms with van der Waals surface area (Å²) in [6.45, 7) is 6.47. The predicted octanol–water partition coefficient (Wildman–Crippen LogP) is 1.34. The van der Waals surface area contributed by atoms with Crippen molar-refractivity contribution in [2.75, 3.05) is 11.9 Å². The maximum Gasteiger partial charge on any atom is 0.313 e. The summed E-state index contributed by atoms with van der Waals surface area (Å²) >= 11 is 0. The van der Waals surface area contributed by atoms with E-state index in [9.17, 15) is 19.2 Å². The van der Waals surface area contributed by atoms with E-state index in [1.807, 2.05) is 26.8 Å². The van der Waals surface area contributed by atoms with Gasteiger partial charge >= 0.3 is 11.8 Å². The van der Waals surface area contributed by atoms with Gasteiger partial charge in [-0.15, -0.1) is 0 Å². The Morgan fingerprint density at radius 1 is 1.16 bits per heavy atom. The zero-order valence-electron chi connectivity index (χ0n) is 17.9. The number of benzene rings is 1. The highest BCUT2D eigenvalue weighted by Crippen LogP contribution is 2.36. The average molecular weight is 425 g/mol. The van der Waals surface area contributed by atoms with Gasteiger partial charge in [0.25, 0.3) is 0 Å². The molecule has 9 nitrogen and oxygen atoms in total. The number of rotatable bonds is 6. The Morgan fingerprint density at radius 3 is 2.45 bits per heavy atom. The van der Waals surface area contributed by atoms with E-state index >= 15 is 0 Å². The highest BCUT2D eigenvalue weighted by molar-refractivity contribution is 6.39. The van der Waals surface area contributed by atoms with E-state index in [1.165, 1.54) is 0 Å². The van der Waals surface area contributed by atoms with Gasteiger partial charge < -0.3 is 10.6 Å². The molecule has 2 heterocycles. The van der Waals surface area contributed by atoms with Gasteiger partial charge in [0, 0.05) is 24.3 Å². The van der Waals surface area contributed by atoms with E-state index in [0.717, 1.165) is 17.0 Å². The number of carbonyl (C=O) groups is 4. The van der Waals surface area contributed by atoms with Gasteiger partial charge in [0.15, 0.2) is 0 Å². The quantitative estimate of drug-likeness (QED) is 0.476. The number of nitrogens with zero attached hydrogens (tertiary/aromatic N) is 2. The molecule has 1 fully saturated rings. The van der Waals surface area contributed by atoms with E-state index < -0.39 is 17.2 Å². The van der Waals surface area contributed by atoms with Gasteiger partial charge in [0.2, 0.25) is 11.8 Å². The minimum Gasteiger partial charge on any atom is -0.346 e. The maximum absolute atomic E-state index is 12.5. The monoisotopic (exact) mass is 425 g/mol. The molecule has 1 aliphatic heterocycles. The van der Waals surface area contributed by atoms with Gasteiger partial charge in [-0.1, -0.05) is 19.1 Å². The van der Waals surface area contributed by atoms with Gasteiger partial charge in [-0.25, -0.2) is 0 Å². The van der Waals surface area contributed by atoms with Crippen molar-refractivity contribution in [3.63, 3.8) is 0 Å². The third kappa shape index (κ3) is 4.82. The van der Waals surface area contributed by atoms with Crippen LogP contribution in [0.15, 0.2) is 30.3 Å². The van der Waals surface area contributed by atoms with Crippen molar-refractivity contribution in [3.05, 3.63) is 47.3 Å². The lowest BCUT2D eigenvalue weighted by atomic mass is 9.72. The van der Waals surface area contributed by atoms with Crippen LogP contribution in [0.1, 0.15) is 43.1 Å². The first-order valence-electron chi connectivity index (χ1n) is 10.3. The summed E-state index contributed by atoms with van der Waals surface area (Å²) in [4.78, 5) is 48.2. The average Bonchev–Trinajstić information content (AvgIpc) is 3.06. The van der Waals surface area contributed by atoms with E-state index in [4.69, 9.17) is 0 Å². The Bertz CT molecular complexity index is 1010. The fourth-order valence-corrected chi connectivity index (χ4v) is 3.88. The molecule has 0 unspecified atom stereocenters. The molecule has 3 N–H and O–H groups in total. The van der Waals surface area contributed by atoms with Crippen molar-refractivity contribution >= 4 is 29.3 Å². The number of hydrogen-bond donors (Lipinski definition) is 3. The molecule has 31 heavy (non-hydrogen) atoms. The molecule has 1 aromatic carbocycles. The van der Waals surface area contributed by atoms with Crippen molar-refractivity contribution in [2.24, 2.45) is 0 Å². The van der Waals surface area contributed by atoms with Crippen LogP contribution in [0.25, 0.3) is 0 Å². The molecular formula is C22H27N5O4. The lowest BCUT2D eigenvalue weighted by Gasteiger charge is -2.35. The number of aryl methyl sites for hydroxylation is 2. The molecule has 1 atom stereocenters. The fraction of sp³-hybridized carbons (Fsp3) is 0.409. The molecule has 9 heteroatoms. The third-order valence-electron chi connectivity index (χ3n) is 5.68. The zero-order valence-corrected chi connectivity index (χ0v) is 17.9. The number of aromatic nitrogens is 2. The highest BCUT2D eigenvalue weighted by atomic mass is 16.2. The van der Waals surface area contributed by atoms with E-state index in [0.29, 0.717) is 25.1 Å². The second-order valence-electron chi connectivity index (χ2n) is 7.75. The van der Waals surface area contributed by atoms with Gasteiger partial charge in [0.05, 0.1) is 17.7 Å². The lowest BCUT2D eigenvalue weighted by molar-refractivity contribution is -0.138. The van der Waals surface area contributed by atoms with Crippen LogP contribution in [0, 0.1) is 13.8 Å². The van der Waals surface area contributed by atoms with Gasteiger partial charge in [-0.2, -0.15) is 5.10 Å². The van der Waals surface area contributed by atoms with Crippen LogP contribution in [0.5, 0.6) is 0 Å². The number of nitrogens with one attached hydrogen (secondary N) is 3. The Kier molecular flexibility index (Phi) is 6.53. The maximum atomic E-state index is 12.5. The summed E-state index contributed by atoms with van der Waals surface area (Å²) in [5, 5.41) is 11.9. The van der Waals surface area contributed by atoms with Crippen molar-refractivity contribution in [1.82, 2.24) is 20.4 Å². The molecule has 4 amide bonds. The molecule has 1 aliphatic rings. The number of anilines is 1. The Balaban J connectivity index is 1.56. The van der Waals surface area contributed by atoms with E-state index in [1.54, 1.807) is 28.9 Å². The van der Waals surface area contributed by atoms with Crippen LogP contribution >= 0.6 is 0 Å². The molecule has 1 aromatic heterocycles. The van der Waals surface area contributed by atoms with Gasteiger partial charge in [-0.3, -0.25) is 29.2 Å². The van der Waals surface area contributed by atoms with Crippen molar-refractivity contribution in [2.45, 2.75) is 52.0 Å². The minimum absolute atomic E-state index is 0.262. The molecule has 0 radical (unpaired) electrons. The first-order chi connectivity index (χ1) is 14.7. The first kappa shape index (κ1) is 22.2. The zero-order chi connectivity index (χ0) is 22.6. The summed E-state index contributed by atoms with van der Waals surface area (Å²) in [6.07, 6.45) is 1.28. The highest BCUT2D eigenvalue weighted by Gasteiger charge is 2.42. The SMILES string of the molecule is CC[C@@]1(c2ccc(NC(=O)C(=O)NCCn3nc(C)cc3C)cc2)CCC(=O)NC1=O. The van der Waals surface area contributed by atoms with Crippen molar-refractivity contribution in [1.29, 1.82) is 0 Å². The van der Waals surface area contributed by atoms with Crippen LogP contribution in [-0.2, 0) is 31.1 Å². The fourth-order valence-electron chi connectivity index (χ4n) is 3.88. The normalized spacial score (nSPS) is 18.4. The van der Waals surface area contributed by atoms with Crippen LogP contribution in [0.3, 0.4) is 0 Å². The van der Waals surface area contributed by atoms with Crippen LogP contribution in [0.2, 0.25) is 0 Å². The molecule has 1 saturated heterocycles. The second-order valence-corrected chi connectivity index (χ2v) is 7.75. The van der Waals surface area contributed by atoms with Crippen LogP contribution < -0.4 is 16.0 Å². The topological polar surface area (TPSA) is 122 Å². The predicted molar refractivity (Wildman–Crippen MR) is 114 cm³/mol. The molecule has 2 aromatic rings. The molecule has 0 aliphatic carbocycles. The van der Waals surface area contributed by atoms with E-state index in [-0.39, 0.29) is 24.8 Å². The van der Waals surface area contributed by atoms with Crippen molar-refractivity contribution in [3.8, 4) is 0 Å². The molecular weight excluding hydrogens is 398 g/mol. The van der Waals surface area contributed by atoms with Crippen molar-refractivity contribution < 1.29 is 19.2 Å². The standard InChI is InChI=1S/C22H27N5O4/c1-4-22(10-9-18(28)25-21(22)31)16-5-7-17(8-6-16)24-20(30)19(29)23-11-12-27-15(3)13-14(2)26-27/h5-8,13H,4,9-12H2,1-3H3,(H,23,29)(H,24,30)(H,25,28,31)/t22-/m0/s1. The molecule has 0 bridgehead atoms. The number of hydrogen-bond acceptors (Lipinski definition) is 5. The summed E-state index contributed by atoms with van der Waals surface area (Å²) in [7, 11) is 0. The lowest BCUT2D eigenvalue weighted by Crippen LogP contribution is -2.51. The molecule has 0 saturated carbocycles. The summed E-state index contributed by atoms with van der Waals surface area (Å²) in [5.74, 6) is -2.07. The first-order valence-corrected chi connectivity index (χ1v) is 10.3. The number of piperidine rings is 1. The Hall–Kier alpha value is -3.49. The molecule has 3 rings (SSSR count). The van der Waals surface area contributed by atoms with Crippen LogP contribution in [0.4, 0.5) is 5.69 Å². The number of amides is 4. The molecule has 164 valence electrons. The number of imide groups is 1. The largest absolute Gasteiger partial charge is 0.346 e. The summed E-state index contributed by atoms with van der Waals surface area (Å²) in [6, 6.07) is 8.73. The van der Waals surface area contributed by atoms with Gasteiger partial charge in [0.1, 0.15) is 0 Å². The smallest absolute Gasteiger partial charge is 0.313 e. The minimum atomic E-state index is -0.771. The number of carbonyl (C=O) groups excluding carboxylic acids is 4. The summed E-state index contributed by atoms with van der Waals surface area (Å²) < 4.78 is 1.77. The Labute approximate surface area is 180 Å². The second kappa shape index (κ2) is 9.11. The molecule has 0 spiro atoms.